The molecule has 19 heavy (non-hydrogen) atoms. The monoisotopic (exact) mass is 260 g/mol. The molecule has 0 radical (unpaired) electrons. The summed E-state index contributed by atoms with van der Waals surface area (Å²) < 4.78 is 0. The molecule has 1 aromatic carbocycles. The molecule has 2 rings (SSSR count). The van der Waals surface area contributed by atoms with Crippen LogP contribution in [-0.2, 0) is 11.3 Å². The molecule has 0 aliphatic heterocycles. The van der Waals surface area contributed by atoms with Crippen LogP contribution in [0.25, 0.3) is 0 Å². The number of carbonyl (C=O) groups excluding carboxylic acids is 1. The predicted octanol–water partition coefficient (Wildman–Crippen LogP) is 2.65. The summed E-state index contributed by atoms with van der Waals surface area (Å²) in [6.07, 6.45) is 2.71. The average molecular weight is 260 g/mol. The van der Waals surface area contributed by atoms with Crippen molar-refractivity contribution in [1.29, 1.82) is 0 Å². The molecular weight excluding hydrogens is 236 g/mol. The first kappa shape index (κ1) is 14.1. The van der Waals surface area contributed by atoms with Crippen molar-refractivity contribution in [2.45, 2.75) is 51.1 Å². The molecule has 3 heteroatoms. The van der Waals surface area contributed by atoms with E-state index in [-0.39, 0.29) is 5.91 Å². The maximum Gasteiger partial charge on any atom is 0.242 e. The molecule has 1 aliphatic rings. The highest BCUT2D eigenvalue weighted by Gasteiger charge is 2.41. The van der Waals surface area contributed by atoms with Gasteiger partial charge in [-0.25, -0.2) is 0 Å². The van der Waals surface area contributed by atoms with Crippen LogP contribution >= 0.6 is 0 Å². The zero-order chi connectivity index (χ0) is 14.0. The summed E-state index contributed by atoms with van der Waals surface area (Å²) in [6.45, 7) is 5.00. The van der Waals surface area contributed by atoms with E-state index in [1.165, 1.54) is 5.56 Å². The number of carbonyl (C=O) groups is 1. The summed E-state index contributed by atoms with van der Waals surface area (Å²) in [4.78, 5) is 14.0. The van der Waals surface area contributed by atoms with E-state index in [0.29, 0.717) is 12.5 Å². The summed E-state index contributed by atoms with van der Waals surface area (Å²) in [6, 6.07) is 8.48. The average Bonchev–Trinajstić information content (AvgIpc) is 2.35. The van der Waals surface area contributed by atoms with Gasteiger partial charge in [-0.2, -0.15) is 0 Å². The third-order valence-electron chi connectivity index (χ3n) is 4.08. The van der Waals surface area contributed by atoms with Crippen LogP contribution in [0.5, 0.6) is 0 Å². The minimum Gasteiger partial charge on any atom is -0.340 e. The number of nitrogens with zero attached hydrogens (tertiary/aromatic N) is 1. The van der Waals surface area contributed by atoms with Gasteiger partial charge in [-0.3, -0.25) is 4.79 Å². The van der Waals surface area contributed by atoms with Gasteiger partial charge >= 0.3 is 0 Å². The van der Waals surface area contributed by atoms with Gasteiger partial charge in [0.25, 0.3) is 0 Å². The van der Waals surface area contributed by atoms with Gasteiger partial charge in [0.1, 0.15) is 0 Å². The Labute approximate surface area is 115 Å². The second kappa shape index (κ2) is 5.33. The fourth-order valence-electron chi connectivity index (χ4n) is 2.51. The summed E-state index contributed by atoms with van der Waals surface area (Å²) in [5.74, 6) is 0.613. The molecule has 1 aromatic rings. The van der Waals surface area contributed by atoms with E-state index in [0.717, 1.165) is 24.8 Å². The van der Waals surface area contributed by atoms with Crippen molar-refractivity contribution in [2.75, 3.05) is 7.05 Å². The Bertz CT molecular complexity index is 446. The second-order valence-electron chi connectivity index (χ2n) is 6.07. The maximum absolute atomic E-state index is 12.2. The van der Waals surface area contributed by atoms with Crippen LogP contribution in [0.4, 0.5) is 0 Å². The van der Waals surface area contributed by atoms with E-state index in [9.17, 15) is 4.79 Å². The lowest BCUT2D eigenvalue weighted by molar-refractivity contribution is -0.139. The summed E-state index contributed by atoms with van der Waals surface area (Å²) >= 11 is 0. The second-order valence-corrected chi connectivity index (χ2v) is 6.07. The van der Waals surface area contributed by atoms with Gasteiger partial charge < -0.3 is 10.6 Å². The SMILES string of the molecule is CC(C)c1ccc(CN(C)C(=O)C2(N)CCC2)cc1. The number of benzene rings is 1. The van der Waals surface area contributed by atoms with Crippen LogP contribution < -0.4 is 5.73 Å². The maximum atomic E-state index is 12.2. The van der Waals surface area contributed by atoms with Crippen LogP contribution in [-0.4, -0.2) is 23.4 Å². The fraction of sp³-hybridized carbons (Fsp3) is 0.562. The third kappa shape index (κ3) is 2.98. The molecule has 1 fully saturated rings. The molecular formula is C16H24N2O. The van der Waals surface area contributed by atoms with Gasteiger partial charge in [-0.15, -0.1) is 0 Å². The quantitative estimate of drug-likeness (QED) is 0.904. The number of nitrogens with two attached hydrogens (primary N) is 1. The lowest BCUT2D eigenvalue weighted by atomic mass is 9.76. The van der Waals surface area contributed by atoms with Crippen LogP contribution in [0.1, 0.15) is 50.2 Å². The standard InChI is InChI=1S/C16H24N2O/c1-12(2)14-7-5-13(6-8-14)11-18(3)15(19)16(17)9-4-10-16/h5-8,12H,4,9-11,17H2,1-3H3. The van der Waals surface area contributed by atoms with Crippen LogP contribution in [0.2, 0.25) is 0 Å². The first-order valence-electron chi connectivity index (χ1n) is 7.06. The molecule has 0 unspecified atom stereocenters. The van der Waals surface area contributed by atoms with Crippen molar-refractivity contribution in [1.82, 2.24) is 4.90 Å². The molecule has 104 valence electrons. The van der Waals surface area contributed by atoms with Gasteiger partial charge in [0.2, 0.25) is 5.91 Å². The van der Waals surface area contributed by atoms with E-state index < -0.39 is 5.54 Å². The number of hydrogen-bond donors (Lipinski definition) is 1. The Balaban J connectivity index is 1.98. The highest BCUT2D eigenvalue weighted by molar-refractivity contribution is 5.86. The highest BCUT2D eigenvalue weighted by atomic mass is 16.2. The Morgan fingerprint density at radius 3 is 2.32 bits per heavy atom. The van der Waals surface area contributed by atoms with Gasteiger partial charge in [0.15, 0.2) is 0 Å². The van der Waals surface area contributed by atoms with E-state index in [4.69, 9.17) is 5.73 Å². The summed E-state index contributed by atoms with van der Waals surface area (Å²) in [7, 11) is 1.84. The van der Waals surface area contributed by atoms with E-state index in [1.807, 2.05) is 7.05 Å². The first-order chi connectivity index (χ1) is 8.92. The van der Waals surface area contributed by atoms with Crippen molar-refractivity contribution in [3.05, 3.63) is 35.4 Å². The Kier molecular flexibility index (Phi) is 3.95. The predicted molar refractivity (Wildman–Crippen MR) is 77.8 cm³/mol. The lowest BCUT2D eigenvalue weighted by Gasteiger charge is -2.39. The molecule has 1 saturated carbocycles. The van der Waals surface area contributed by atoms with E-state index >= 15 is 0 Å². The van der Waals surface area contributed by atoms with Crippen molar-refractivity contribution in [2.24, 2.45) is 5.73 Å². The number of rotatable bonds is 4. The zero-order valence-electron chi connectivity index (χ0n) is 12.1. The molecule has 0 spiro atoms. The molecule has 0 heterocycles. The Hall–Kier alpha value is -1.35. The molecule has 0 saturated heterocycles. The minimum absolute atomic E-state index is 0.0756. The summed E-state index contributed by atoms with van der Waals surface area (Å²) in [5.41, 5.74) is 7.96. The Morgan fingerprint density at radius 2 is 1.89 bits per heavy atom. The smallest absolute Gasteiger partial charge is 0.242 e. The topological polar surface area (TPSA) is 46.3 Å². The van der Waals surface area contributed by atoms with Crippen molar-refractivity contribution < 1.29 is 4.79 Å². The third-order valence-corrected chi connectivity index (χ3v) is 4.08. The van der Waals surface area contributed by atoms with Gasteiger partial charge in [-0.1, -0.05) is 38.1 Å². The van der Waals surface area contributed by atoms with Crippen molar-refractivity contribution >= 4 is 5.91 Å². The minimum atomic E-state index is -0.591. The summed E-state index contributed by atoms with van der Waals surface area (Å²) in [5, 5.41) is 0. The zero-order valence-corrected chi connectivity index (χ0v) is 12.1. The lowest BCUT2D eigenvalue weighted by Crippen LogP contribution is -2.58. The van der Waals surface area contributed by atoms with Crippen LogP contribution in [0.15, 0.2) is 24.3 Å². The molecule has 1 aliphatic carbocycles. The molecule has 0 aromatic heterocycles. The first-order valence-corrected chi connectivity index (χ1v) is 7.06. The molecule has 3 nitrogen and oxygen atoms in total. The van der Waals surface area contributed by atoms with Gasteiger partial charge in [0, 0.05) is 13.6 Å². The van der Waals surface area contributed by atoms with E-state index in [2.05, 4.69) is 38.1 Å². The van der Waals surface area contributed by atoms with Crippen molar-refractivity contribution in [3.63, 3.8) is 0 Å². The molecule has 0 bridgehead atoms. The van der Waals surface area contributed by atoms with E-state index in [1.54, 1.807) is 4.90 Å². The largest absolute Gasteiger partial charge is 0.340 e. The Morgan fingerprint density at radius 1 is 1.32 bits per heavy atom. The van der Waals surface area contributed by atoms with Gasteiger partial charge in [0.05, 0.1) is 5.54 Å². The van der Waals surface area contributed by atoms with Crippen molar-refractivity contribution in [3.8, 4) is 0 Å². The highest BCUT2D eigenvalue weighted by Crippen LogP contribution is 2.31. The normalized spacial score (nSPS) is 17.1. The fourth-order valence-corrected chi connectivity index (χ4v) is 2.51. The molecule has 1 amide bonds. The number of likely N-dealkylation sites (N-methyl/N-ethyl adjacent to an activating group) is 1. The van der Waals surface area contributed by atoms with Gasteiger partial charge in [-0.05, 0) is 36.3 Å². The molecule has 2 N–H and O–H groups in total. The van der Waals surface area contributed by atoms with Crippen LogP contribution in [0.3, 0.4) is 0 Å². The molecule has 0 atom stereocenters. The van der Waals surface area contributed by atoms with Crippen LogP contribution in [0, 0.1) is 0 Å². The number of amides is 1. The number of hydrogen-bond acceptors (Lipinski definition) is 2.